The van der Waals surface area contributed by atoms with Gasteiger partial charge in [0.25, 0.3) is 0 Å². The summed E-state index contributed by atoms with van der Waals surface area (Å²) in [4.78, 5) is 19.1. The maximum Gasteiger partial charge on any atom is 2.00 e. The van der Waals surface area contributed by atoms with Gasteiger partial charge in [0.2, 0.25) is 0 Å². The molecular weight excluding hydrogens is 694 g/mol. The number of pyridine rings is 1. The molecule has 5 rings (SSSR count). The molecule has 1 saturated carbocycles. The molecule has 35 heavy (non-hydrogen) atoms. The molecule has 0 unspecified atom stereocenters. The van der Waals surface area contributed by atoms with Gasteiger partial charge in [0.1, 0.15) is 0 Å². The Morgan fingerprint density at radius 2 is 1.94 bits per heavy atom. The molecule has 1 aliphatic carbocycles. The minimum Gasteiger partial charge on any atom is -0.509 e. The first-order chi connectivity index (χ1) is 16.4. The van der Waals surface area contributed by atoms with Crippen molar-refractivity contribution >= 4 is 28.6 Å². The Balaban J connectivity index is 0.00000289. The van der Waals surface area contributed by atoms with E-state index in [0.717, 1.165) is 36.8 Å². The Kier molecular flexibility index (Phi) is 8.50. The molecule has 0 bridgehead atoms. The number of carboxylic acids is 1. The number of halogens is 1. The normalized spacial score (nSPS) is 25.2. The van der Waals surface area contributed by atoms with E-state index in [9.17, 15) is 15.0 Å². The summed E-state index contributed by atoms with van der Waals surface area (Å²) in [5.41, 5.74) is 4.28. The number of ether oxygens (including phenoxy) is 2. The molecule has 1 saturated heterocycles. The Morgan fingerprint density at radius 1 is 1.23 bits per heavy atom. The number of aliphatic hydroxyl groups excluding tert-OH is 1. The number of fused-ring (bicyclic) bond motifs is 1. The van der Waals surface area contributed by atoms with Crippen molar-refractivity contribution in [1.82, 2.24) is 9.97 Å². The van der Waals surface area contributed by atoms with Gasteiger partial charge in [-0.1, -0.05) is 42.0 Å². The van der Waals surface area contributed by atoms with E-state index in [2.05, 4.69) is 24.0 Å². The number of nitrogens with one attached hydrogen (secondary N) is 1. The van der Waals surface area contributed by atoms with Gasteiger partial charge in [0.05, 0.1) is 27.7 Å². The summed E-state index contributed by atoms with van der Waals surface area (Å²) < 4.78 is 11.3. The number of hydrogen-bond acceptors (Lipinski definition) is 5. The molecule has 9 heteroatoms. The number of H-pyrrole nitrogens is 1. The van der Waals surface area contributed by atoms with E-state index >= 15 is 0 Å². The summed E-state index contributed by atoms with van der Waals surface area (Å²) >= 11 is 6.56. The SMILES string of the molecule is [CH2-][C@@H](Oc1cc2nc(-c3ccc(C4CCC(C(=O)O)CC4)cc3)c(Cl)cc2[nH]1)[C@@H]1[CH-][C@H](O)CO1.[U+2]. The maximum atomic E-state index is 11.2. The number of benzene rings is 1. The molecule has 1 aromatic carbocycles. The van der Waals surface area contributed by atoms with E-state index in [4.69, 9.17) is 26.1 Å². The molecule has 3 atom stereocenters. The van der Waals surface area contributed by atoms with Crippen LogP contribution in [0.5, 0.6) is 5.88 Å². The van der Waals surface area contributed by atoms with Gasteiger partial charge in [-0.3, -0.25) is 11.2 Å². The maximum absolute atomic E-state index is 11.2. The van der Waals surface area contributed by atoms with Crippen molar-refractivity contribution in [3.05, 3.63) is 60.3 Å². The second-order valence-electron chi connectivity index (χ2n) is 9.11. The number of rotatable bonds is 6. The van der Waals surface area contributed by atoms with Crippen LogP contribution in [0.3, 0.4) is 0 Å². The quantitative estimate of drug-likeness (QED) is 0.317. The minimum atomic E-state index is -0.682. The molecule has 0 radical (unpaired) electrons. The number of aromatic amines is 1. The topological polar surface area (TPSA) is 105 Å². The van der Waals surface area contributed by atoms with Gasteiger partial charge >= 0.3 is 37.1 Å². The standard InChI is InChI=1S/C26H27ClN2O5.U/c1-14(23-10-19(30)13-33-23)34-24-12-22-21(28-24)11-20(27)25(29-22)17-6-2-15(3-7-17)16-4-8-18(9-5-16)26(31)32;/h2-3,6-7,10-12,14,16,18-19,23,28,30H,1,4-5,8-9,13H2,(H,31,32);/q-2;+2/t14-,16?,18?,19+,23+;/m1./s1. The van der Waals surface area contributed by atoms with E-state index in [1.807, 2.05) is 18.2 Å². The van der Waals surface area contributed by atoms with Crippen molar-refractivity contribution in [2.75, 3.05) is 6.61 Å². The zero-order chi connectivity index (χ0) is 23.8. The Morgan fingerprint density at radius 3 is 2.57 bits per heavy atom. The van der Waals surface area contributed by atoms with E-state index in [1.165, 1.54) is 5.56 Å². The third kappa shape index (κ3) is 5.89. The van der Waals surface area contributed by atoms with Crippen LogP contribution in [0.4, 0.5) is 0 Å². The first-order valence-corrected chi connectivity index (χ1v) is 11.9. The monoisotopic (exact) mass is 720 g/mol. The van der Waals surface area contributed by atoms with Crippen molar-refractivity contribution < 1.29 is 55.6 Å². The molecule has 3 N–H and O–H groups in total. The zero-order valence-electron chi connectivity index (χ0n) is 19.1. The number of aliphatic carboxylic acids is 1. The molecule has 2 aliphatic rings. The zero-order valence-corrected chi connectivity index (χ0v) is 24.0. The summed E-state index contributed by atoms with van der Waals surface area (Å²) in [6.45, 7) is 4.22. The summed E-state index contributed by atoms with van der Waals surface area (Å²) in [6.07, 6.45) is 3.41. The van der Waals surface area contributed by atoms with Crippen molar-refractivity contribution in [3.63, 3.8) is 0 Å². The van der Waals surface area contributed by atoms with E-state index in [1.54, 1.807) is 12.5 Å². The van der Waals surface area contributed by atoms with Gasteiger partial charge in [-0.05, 0) is 55.4 Å². The third-order valence-corrected chi connectivity index (χ3v) is 7.07. The molecular formula is C26H27ClN2O5U. The van der Waals surface area contributed by atoms with Gasteiger partial charge < -0.3 is 31.6 Å². The number of aromatic nitrogens is 2. The second-order valence-corrected chi connectivity index (χ2v) is 9.52. The van der Waals surface area contributed by atoms with Gasteiger partial charge in [0, 0.05) is 18.2 Å². The van der Waals surface area contributed by atoms with Crippen LogP contribution < -0.4 is 4.74 Å². The van der Waals surface area contributed by atoms with Gasteiger partial charge in [0.15, 0.2) is 5.88 Å². The minimum absolute atomic E-state index is 0. The smallest absolute Gasteiger partial charge is 0.509 e. The van der Waals surface area contributed by atoms with Crippen LogP contribution in [0.25, 0.3) is 22.3 Å². The first kappa shape index (κ1) is 26.5. The van der Waals surface area contributed by atoms with Crippen LogP contribution in [0, 0.1) is 50.4 Å². The molecule has 0 spiro atoms. The Labute approximate surface area is 232 Å². The Bertz CT molecular complexity index is 1180. The molecule has 3 aromatic rings. The van der Waals surface area contributed by atoms with Crippen LogP contribution >= 0.6 is 11.6 Å². The van der Waals surface area contributed by atoms with E-state index in [-0.39, 0.29) is 49.7 Å². The van der Waals surface area contributed by atoms with Crippen molar-refractivity contribution in [2.45, 2.75) is 49.9 Å². The second kappa shape index (κ2) is 11.2. The number of aliphatic hydroxyl groups is 1. The van der Waals surface area contributed by atoms with Gasteiger partial charge in [-0.15, -0.1) is 0 Å². The summed E-state index contributed by atoms with van der Waals surface area (Å²) in [5.74, 6) is -0.00762. The van der Waals surface area contributed by atoms with Crippen LogP contribution in [0.1, 0.15) is 37.2 Å². The van der Waals surface area contributed by atoms with Crippen LogP contribution in [-0.2, 0) is 9.53 Å². The van der Waals surface area contributed by atoms with Crippen molar-refractivity contribution in [2.24, 2.45) is 5.92 Å². The van der Waals surface area contributed by atoms with Crippen molar-refractivity contribution in [1.29, 1.82) is 0 Å². The number of carbonyl (C=O) groups is 1. The predicted octanol–water partition coefficient (Wildman–Crippen LogP) is 4.79. The molecule has 7 nitrogen and oxygen atoms in total. The fourth-order valence-corrected chi connectivity index (χ4v) is 5.12. The number of carboxylic acid groups (broad SMARTS) is 1. The Hall–Kier alpha value is -1.56. The van der Waals surface area contributed by atoms with Crippen molar-refractivity contribution in [3.8, 4) is 17.1 Å². The number of hydrogen-bond donors (Lipinski definition) is 3. The van der Waals surface area contributed by atoms with Crippen LogP contribution in [0.2, 0.25) is 5.02 Å². The van der Waals surface area contributed by atoms with Crippen LogP contribution in [0.15, 0.2) is 36.4 Å². The fourth-order valence-electron chi connectivity index (χ4n) is 4.86. The third-order valence-electron chi connectivity index (χ3n) is 6.78. The largest absolute Gasteiger partial charge is 2.00 e. The summed E-state index contributed by atoms with van der Waals surface area (Å²) in [7, 11) is 0. The van der Waals surface area contributed by atoms with Crippen LogP contribution in [-0.4, -0.2) is 51.1 Å². The predicted molar refractivity (Wildman–Crippen MR) is 129 cm³/mol. The summed E-state index contributed by atoms with van der Waals surface area (Å²) in [6, 6.07) is 11.9. The average molecular weight is 721 g/mol. The molecule has 182 valence electrons. The van der Waals surface area contributed by atoms with E-state index in [0.29, 0.717) is 28.0 Å². The summed E-state index contributed by atoms with van der Waals surface area (Å²) in [5, 5.41) is 19.3. The van der Waals surface area contributed by atoms with E-state index < -0.39 is 18.2 Å². The fraction of sp³-hybridized carbons (Fsp3) is 0.385. The first-order valence-electron chi connectivity index (χ1n) is 11.5. The van der Waals surface area contributed by atoms with Gasteiger partial charge in [-0.2, -0.15) is 0 Å². The molecule has 2 fully saturated rings. The average Bonchev–Trinajstić information content (AvgIpc) is 3.44. The van der Waals surface area contributed by atoms with Gasteiger partial charge in [-0.25, -0.2) is 4.98 Å². The molecule has 2 aromatic heterocycles. The molecule has 3 heterocycles. The number of nitrogens with zero attached hydrogens (tertiary/aromatic N) is 1. The molecule has 0 amide bonds. The molecule has 1 aliphatic heterocycles.